The lowest BCUT2D eigenvalue weighted by atomic mass is 10.2. The molecule has 1 rings (SSSR count). The van der Waals surface area contributed by atoms with Crippen LogP contribution in [0.25, 0.3) is 0 Å². The topological polar surface area (TPSA) is 41.5 Å². The van der Waals surface area contributed by atoms with E-state index in [1.807, 2.05) is 25.1 Å². The lowest BCUT2D eigenvalue weighted by Crippen LogP contribution is -2.08. The van der Waals surface area contributed by atoms with Crippen molar-refractivity contribution in [2.45, 2.75) is 32.5 Å². The van der Waals surface area contributed by atoms with Gasteiger partial charge in [-0.1, -0.05) is 42.5 Å². The number of benzene rings is 1. The van der Waals surface area contributed by atoms with E-state index in [0.717, 1.165) is 12.8 Å². The Balaban J connectivity index is 2.14. The normalized spacial score (nSPS) is 13.1. The Labute approximate surface area is 103 Å². The number of unbranched alkanes of at least 4 members (excludes halogenated alkanes) is 1. The number of allylic oxidation sites excluding steroid dienone is 1. The van der Waals surface area contributed by atoms with Gasteiger partial charge in [-0.25, -0.2) is 5.48 Å². The average molecular weight is 235 g/mol. The number of ether oxygens (including phenoxy) is 1. The molecule has 0 aliphatic heterocycles. The molecular formula is C14H21NO2. The zero-order valence-electron chi connectivity index (χ0n) is 10.3. The van der Waals surface area contributed by atoms with Crippen molar-refractivity contribution < 1.29 is 9.94 Å². The standard InChI is InChI=1S/C14H21NO2/c1-13(8-4-3-7-11-15-16)17-12-14-9-5-2-6-10-14/h2,4-6,8-10,13,15-16H,3,7,11-12H2,1H3/b8-4-/t13-/m0/s1. The van der Waals surface area contributed by atoms with E-state index in [0.29, 0.717) is 13.2 Å². The molecule has 0 radical (unpaired) electrons. The van der Waals surface area contributed by atoms with Crippen molar-refractivity contribution in [1.29, 1.82) is 0 Å². The van der Waals surface area contributed by atoms with Gasteiger partial charge in [-0.3, -0.25) is 0 Å². The van der Waals surface area contributed by atoms with Crippen LogP contribution in [0.15, 0.2) is 42.5 Å². The molecule has 0 spiro atoms. The van der Waals surface area contributed by atoms with Crippen LogP contribution < -0.4 is 5.48 Å². The molecule has 0 aliphatic carbocycles. The highest BCUT2D eigenvalue weighted by atomic mass is 16.5. The third kappa shape index (κ3) is 6.89. The third-order valence-electron chi connectivity index (χ3n) is 2.42. The van der Waals surface area contributed by atoms with Crippen molar-refractivity contribution in [2.24, 2.45) is 0 Å². The maximum absolute atomic E-state index is 8.39. The molecule has 1 atom stereocenters. The second-order valence-electron chi connectivity index (χ2n) is 3.98. The van der Waals surface area contributed by atoms with Gasteiger partial charge in [0.1, 0.15) is 0 Å². The lowest BCUT2D eigenvalue weighted by molar-refractivity contribution is 0.0839. The first-order valence-corrected chi connectivity index (χ1v) is 6.02. The van der Waals surface area contributed by atoms with E-state index in [4.69, 9.17) is 9.94 Å². The van der Waals surface area contributed by atoms with E-state index < -0.39 is 0 Å². The van der Waals surface area contributed by atoms with Crippen LogP contribution >= 0.6 is 0 Å². The van der Waals surface area contributed by atoms with E-state index in [1.54, 1.807) is 0 Å². The van der Waals surface area contributed by atoms with Gasteiger partial charge in [-0.15, -0.1) is 0 Å². The van der Waals surface area contributed by atoms with Gasteiger partial charge in [0.05, 0.1) is 12.7 Å². The molecule has 2 N–H and O–H groups in total. The molecule has 0 aromatic heterocycles. The Hall–Kier alpha value is -1.16. The van der Waals surface area contributed by atoms with Crippen LogP contribution in [-0.4, -0.2) is 17.9 Å². The molecule has 0 heterocycles. The summed E-state index contributed by atoms with van der Waals surface area (Å²) in [5, 5.41) is 8.39. The second kappa shape index (κ2) is 8.93. The first kappa shape index (κ1) is 13.9. The number of nitrogens with one attached hydrogen (secondary N) is 1. The second-order valence-corrected chi connectivity index (χ2v) is 3.98. The molecular weight excluding hydrogens is 214 g/mol. The maximum Gasteiger partial charge on any atom is 0.0732 e. The molecule has 0 unspecified atom stereocenters. The van der Waals surface area contributed by atoms with Crippen LogP contribution in [0.4, 0.5) is 0 Å². The smallest absolute Gasteiger partial charge is 0.0732 e. The lowest BCUT2D eigenvalue weighted by Gasteiger charge is -2.08. The van der Waals surface area contributed by atoms with Crippen LogP contribution in [0.5, 0.6) is 0 Å². The summed E-state index contributed by atoms with van der Waals surface area (Å²) in [6, 6.07) is 10.1. The zero-order chi connectivity index (χ0) is 12.3. The maximum atomic E-state index is 8.39. The number of hydroxylamine groups is 1. The summed E-state index contributed by atoms with van der Waals surface area (Å²) >= 11 is 0. The highest BCUT2D eigenvalue weighted by Gasteiger charge is 1.97. The largest absolute Gasteiger partial charge is 0.370 e. The molecule has 1 aromatic rings. The van der Waals surface area contributed by atoms with Gasteiger partial charge in [0.15, 0.2) is 0 Å². The first-order valence-electron chi connectivity index (χ1n) is 6.02. The van der Waals surface area contributed by atoms with Crippen molar-refractivity contribution in [2.75, 3.05) is 6.54 Å². The molecule has 0 saturated heterocycles. The minimum absolute atomic E-state index is 0.122. The molecule has 3 heteroatoms. The predicted molar refractivity (Wildman–Crippen MR) is 68.9 cm³/mol. The van der Waals surface area contributed by atoms with Gasteiger partial charge >= 0.3 is 0 Å². The predicted octanol–water partition coefficient (Wildman–Crippen LogP) is 2.91. The van der Waals surface area contributed by atoms with E-state index in [9.17, 15) is 0 Å². The molecule has 94 valence electrons. The number of hydrogen-bond acceptors (Lipinski definition) is 3. The molecule has 0 amide bonds. The number of rotatable bonds is 8. The minimum atomic E-state index is 0.122. The van der Waals surface area contributed by atoms with Crippen LogP contribution in [0, 0.1) is 0 Å². The van der Waals surface area contributed by atoms with Crippen molar-refractivity contribution in [3.63, 3.8) is 0 Å². The quantitative estimate of drug-likeness (QED) is 0.413. The van der Waals surface area contributed by atoms with Crippen molar-refractivity contribution in [3.05, 3.63) is 48.0 Å². The SMILES string of the molecule is C[C@@H](/C=C\CCCNO)OCc1ccccc1. The van der Waals surface area contributed by atoms with Gasteiger partial charge in [0.2, 0.25) is 0 Å². The van der Waals surface area contributed by atoms with Crippen LogP contribution in [0.2, 0.25) is 0 Å². The molecule has 3 nitrogen and oxygen atoms in total. The Morgan fingerprint density at radius 2 is 2.12 bits per heavy atom. The van der Waals surface area contributed by atoms with Gasteiger partial charge in [-0.05, 0) is 25.3 Å². The summed E-state index contributed by atoms with van der Waals surface area (Å²) < 4.78 is 5.68. The van der Waals surface area contributed by atoms with Crippen molar-refractivity contribution in [1.82, 2.24) is 5.48 Å². The zero-order valence-corrected chi connectivity index (χ0v) is 10.3. The Kier molecular flexibility index (Phi) is 7.30. The van der Waals surface area contributed by atoms with Crippen LogP contribution in [0.3, 0.4) is 0 Å². The first-order chi connectivity index (χ1) is 8.33. The van der Waals surface area contributed by atoms with Crippen LogP contribution in [-0.2, 0) is 11.3 Å². The molecule has 0 bridgehead atoms. The van der Waals surface area contributed by atoms with E-state index >= 15 is 0 Å². The highest BCUT2D eigenvalue weighted by molar-refractivity contribution is 5.13. The van der Waals surface area contributed by atoms with Crippen molar-refractivity contribution >= 4 is 0 Å². The molecule has 1 aromatic carbocycles. The summed E-state index contributed by atoms with van der Waals surface area (Å²) in [5.74, 6) is 0. The fraction of sp³-hybridized carbons (Fsp3) is 0.429. The summed E-state index contributed by atoms with van der Waals surface area (Å²) in [4.78, 5) is 0. The fourth-order valence-electron chi connectivity index (χ4n) is 1.44. The van der Waals surface area contributed by atoms with Gasteiger partial charge in [0, 0.05) is 6.54 Å². The summed E-state index contributed by atoms with van der Waals surface area (Å²) in [7, 11) is 0. The van der Waals surface area contributed by atoms with Crippen LogP contribution in [0.1, 0.15) is 25.3 Å². The van der Waals surface area contributed by atoms with Gasteiger partial charge in [-0.2, -0.15) is 0 Å². The Morgan fingerprint density at radius 3 is 2.82 bits per heavy atom. The Morgan fingerprint density at radius 1 is 1.35 bits per heavy atom. The summed E-state index contributed by atoms with van der Waals surface area (Å²) in [6.07, 6.45) is 6.15. The van der Waals surface area contributed by atoms with E-state index in [-0.39, 0.29) is 6.10 Å². The molecule has 0 fully saturated rings. The summed E-state index contributed by atoms with van der Waals surface area (Å²) in [5.41, 5.74) is 3.33. The molecule has 0 saturated carbocycles. The Bertz CT molecular complexity index is 311. The summed E-state index contributed by atoms with van der Waals surface area (Å²) in [6.45, 7) is 3.30. The van der Waals surface area contributed by atoms with Gasteiger partial charge in [0.25, 0.3) is 0 Å². The monoisotopic (exact) mass is 235 g/mol. The van der Waals surface area contributed by atoms with Gasteiger partial charge < -0.3 is 9.94 Å². The highest BCUT2D eigenvalue weighted by Crippen LogP contribution is 2.04. The molecule has 0 aliphatic rings. The van der Waals surface area contributed by atoms with Crippen molar-refractivity contribution in [3.8, 4) is 0 Å². The fourth-order valence-corrected chi connectivity index (χ4v) is 1.44. The molecule has 17 heavy (non-hydrogen) atoms. The van der Waals surface area contributed by atoms with E-state index in [1.165, 1.54) is 5.56 Å². The van der Waals surface area contributed by atoms with E-state index in [2.05, 4.69) is 29.8 Å². The number of hydrogen-bond donors (Lipinski definition) is 2. The minimum Gasteiger partial charge on any atom is -0.370 e. The average Bonchev–Trinajstić information content (AvgIpc) is 2.37. The third-order valence-corrected chi connectivity index (χ3v) is 2.42.